The van der Waals surface area contributed by atoms with Crippen LogP contribution in [0.25, 0.3) is 6.08 Å². The van der Waals surface area contributed by atoms with Crippen molar-refractivity contribution in [3.8, 4) is 0 Å². The molecule has 2 rings (SSSR count). The van der Waals surface area contributed by atoms with Gasteiger partial charge in [0, 0.05) is 0 Å². The summed E-state index contributed by atoms with van der Waals surface area (Å²) in [5, 5.41) is 0. The Bertz CT molecular complexity index is 545. The third-order valence-corrected chi connectivity index (χ3v) is 6.78. The Labute approximate surface area is 135 Å². The second-order valence-electron chi connectivity index (χ2n) is 5.51. The van der Waals surface area contributed by atoms with E-state index in [0.29, 0.717) is 19.3 Å². The molecular formula is C20H24Se. The minimum atomic E-state index is 0.370. The quantitative estimate of drug-likeness (QED) is 0.457. The number of benzene rings is 2. The molecule has 0 bridgehead atoms. The van der Waals surface area contributed by atoms with Crippen LogP contribution in [-0.2, 0) is 4.31 Å². The number of unbranched alkanes of at least 4 members (excludes halogenated alkanes) is 1. The third kappa shape index (κ3) is 4.88. The molecule has 0 nitrogen and oxygen atoms in total. The van der Waals surface area contributed by atoms with Gasteiger partial charge in [-0.3, -0.25) is 0 Å². The molecule has 0 saturated heterocycles. The number of hydrogen-bond acceptors (Lipinski definition) is 0. The van der Waals surface area contributed by atoms with E-state index >= 15 is 0 Å². The molecule has 1 atom stereocenters. The van der Waals surface area contributed by atoms with E-state index in [1.807, 2.05) is 0 Å². The zero-order valence-electron chi connectivity index (χ0n) is 13.0. The first-order chi connectivity index (χ1) is 10.2. The van der Waals surface area contributed by atoms with E-state index in [2.05, 4.69) is 85.6 Å². The second-order valence-corrected chi connectivity index (χ2v) is 8.25. The summed E-state index contributed by atoms with van der Waals surface area (Å²) in [5.74, 6) is 2.36. The van der Waals surface area contributed by atoms with E-state index in [1.165, 1.54) is 24.0 Å². The molecule has 0 N–H and O–H groups in total. The maximum atomic E-state index is 2.42. The molecule has 0 radical (unpaired) electrons. The van der Waals surface area contributed by atoms with Crippen LogP contribution >= 0.6 is 0 Å². The normalized spacial score (nSPS) is 14.2. The van der Waals surface area contributed by atoms with E-state index in [4.69, 9.17) is 0 Å². The van der Waals surface area contributed by atoms with Crippen LogP contribution < -0.4 is 0 Å². The van der Waals surface area contributed by atoms with Gasteiger partial charge in [0.25, 0.3) is 0 Å². The van der Waals surface area contributed by atoms with Gasteiger partial charge in [0.15, 0.2) is 0 Å². The van der Waals surface area contributed by atoms with E-state index in [9.17, 15) is 0 Å². The van der Waals surface area contributed by atoms with Gasteiger partial charge in [-0.2, -0.15) is 0 Å². The summed E-state index contributed by atoms with van der Waals surface area (Å²) in [7, 11) is 0. The summed E-state index contributed by atoms with van der Waals surface area (Å²) >= 11 is 0.623. The third-order valence-electron chi connectivity index (χ3n) is 3.97. The molecular weight excluding hydrogens is 319 g/mol. The molecule has 1 unspecified atom stereocenters. The van der Waals surface area contributed by atoms with E-state index in [0.717, 1.165) is 6.42 Å². The molecule has 0 amide bonds. The van der Waals surface area contributed by atoms with Crippen molar-refractivity contribution >= 4 is 21.0 Å². The fraction of sp³-hybridized carbons (Fsp3) is 0.300. The second kappa shape index (κ2) is 8.22. The molecule has 0 saturated carbocycles. The van der Waals surface area contributed by atoms with E-state index < -0.39 is 0 Å². The van der Waals surface area contributed by atoms with Gasteiger partial charge in [0.05, 0.1) is 0 Å². The molecule has 0 aromatic heterocycles. The molecule has 0 aliphatic heterocycles. The zero-order chi connectivity index (χ0) is 15.0. The van der Waals surface area contributed by atoms with Crippen molar-refractivity contribution in [2.24, 2.45) is 0 Å². The topological polar surface area (TPSA) is 0 Å². The van der Waals surface area contributed by atoms with Gasteiger partial charge in [0.1, 0.15) is 0 Å². The summed E-state index contributed by atoms with van der Waals surface area (Å²) in [6.45, 7) is 2.42. The summed E-state index contributed by atoms with van der Waals surface area (Å²) in [6, 6.07) is 21.5. The average Bonchev–Trinajstić information content (AvgIpc) is 2.56. The Hall–Kier alpha value is -1.30. The first-order valence-corrected chi connectivity index (χ1v) is 10.1. The average molecular weight is 343 g/mol. The molecule has 0 aliphatic rings. The fourth-order valence-electron chi connectivity index (χ4n) is 2.50. The van der Waals surface area contributed by atoms with Gasteiger partial charge in [-0.25, -0.2) is 0 Å². The van der Waals surface area contributed by atoms with Crippen molar-refractivity contribution in [1.29, 1.82) is 0 Å². The Morgan fingerprint density at radius 2 is 1.57 bits per heavy atom. The van der Waals surface area contributed by atoms with Crippen LogP contribution in [-0.4, -0.2) is 15.0 Å². The molecule has 21 heavy (non-hydrogen) atoms. The van der Waals surface area contributed by atoms with Gasteiger partial charge < -0.3 is 0 Å². The predicted octanol–water partition coefficient (Wildman–Crippen LogP) is 5.54. The molecule has 2 aromatic carbocycles. The fourth-order valence-corrected chi connectivity index (χ4v) is 4.01. The molecule has 1 heteroatoms. The van der Waals surface area contributed by atoms with Crippen LogP contribution in [0.4, 0.5) is 0 Å². The summed E-state index contributed by atoms with van der Waals surface area (Å²) in [4.78, 5) is 0. The van der Waals surface area contributed by atoms with Crippen LogP contribution in [0.3, 0.4) is 0 Å². The summed E-state index contributed by atoms with van der Waals surface area (Å²) < 4.78 is 0.370. The zero-order valence-corrected chi connectivity index (χ0v) is 14.7. The van der Waals surface area contributed by atoms with Crippen molar-refractivity contribution in [3.63, 3.8) is 0 Å². The van der Waals surface area contributed by atoms with Crippen LogP contribution in [0, 0.1) is 0 Å². The predicted molar refractivity (Wildman–Crippen MR) is 94.7 cm³/mol. The monoisotopic (exact) mass is 344 g/mol. The van der Waals surface area contributed by atoms with E-state index in [1.54, 1.807) is 0 Å². The van der Waals surface area contributed by atoms with Crippen LogP contribution in [0.1, 0.15) is 37.3 Å². The summed E-state index contributed by atoms with van der Waals surface area (Å²) in [6.07, 6.45) is 8.23. The van der Waals surface area contributed by atoms with E-state index in [-0.39, 0.29) is 0 Å². The first-order valence-electron chi connectivity index (χ1n) is 7.57. The van der Waals surface area contributed by atoms with Crippen LogP contribution in [0.2, 0.25) is 5.82 Å². The van der Waals surface area contributed by atoms with Gasteiger partial charge in [-0.15, -0.1) is 0 Å². The number of hydrogen-bond donors (Lipinski definition) is 0. The van der Waals surface area contributed by atoms with Crippen molar-refractivity contribution in [1.82, 2.24) is 0 Å². The molecule has 0 spiro atoms. The van der Waals surface area contributed by atoms with Crippen molar-refractivity contribution in [2.75, 3.05) is 0 Å². The maximum absolute atomic E-state index is 2.42. The molecule has 2 aromatic rings. The Balaban J connectivity index is 1.85. The van der Waals surface area contributed by atoms with Crippen molar-refractivity contribution in [3.05, 3.63) is 77.9 Å². The number of rotatable bonds is 7. The van der Waals surface area contributed by atoms with Gasteiger partial charge in [-0.05, 0) is 0 Å². The molecule has 0 fully saturated rings. The Morgan fingerprint density at radius 3 is 2.19 bits per heavy atom. The summed E-state index contributed by atoms with van der Waals surface area (Å²) in [5.41, 5.74) is 2.79. The van der Waals surface area contributed by atoms with Gasteiger partial charge >= 0.3 is 135 Å². The van der Waals surface area contributed by atoms with Crippen molar-refractivity contribution < 1.29 is 0 Å². The Kier molecular flexibility index (Phi) is 6.29. The number of allylic oxidation sites excluding steroid dienone is 1. The standard InChI is InChI=1S/C20H24Se/c1-20(21-2,19-15-9-4-10-16-19)17-11-5-8-14-18-12-6-3-7-13-18/h3-4,6-10,12-16H,5,11,17H2,1-2H3/b14-8+. The SMILES string of the molecule is C[Se]C(C)(CCC/C=C/c1ccccc1)c1ccccc1. The van der Waals surface area contributed by atoms with Gasteiger partial charge in [0.2, 0.25) is 0 Å². The Morgan fingerprint density at radius 1 is 0.952 bits per heavy atom. The van der Waals surface area contributed by atoms with Crippen LogP contribution in [0.5, 0.6) is 0 Å². The van der Waals surface area contributed by atoms with Crippen LogP contribution in [0.15, 0.2) is 66.7 Å². The van der Waals surface area contributed by atoms with Crippen molar-refractivity contribution in [2.45, 2.75) is 36.3 Å². The first kappa shape index (κ1) is 16.1. The minimum absolute atomic E-state index is 0.370. The molecule has 0 heterocycles. The molecule has 0 aliphatic carbocycles. The molecule has 110 valence electrons. The van der Waals surface area contributed by atoms with Gasteiger partial charge in [-0.1, -0.05) is 0 Å².